The Labute approximate surface area is 224 Å². The van der Waals surface area contributed by atoms with Crippen LogP contribution in [-0.4, -0.2) is 24.6 Å². The predicted molar refractivity (Wildman–Crippen MR) is 150 cm³/mol. The number of hydrogen-bond donors (Lipinski definition) is 0. The van der Waals surface area contributed by atoms with E-state index in [0.29, 0.717) is 6.61 Å². The second kappa shape index (κ2) is 14.5. The minimum absolute atomic E-state index is 0.00660. The van der Waals surface area contributed by atoms with Crippen LogP contribution in [0, 0.1) is 0 Å². The maximum atomic E-state index is 11.9. The van der Waals surface area contributed by atoms with Crippen molar-refractivity contribution in [2.75, 3.05) is 13.7 Å². The molecule has 0 aliphatic heterocycles. The molecule has 5 nitrogen and oxygen atoms in total. The number of carbonyl (C=O) groups is 2. The Morgan fingerprint density at radius 2 is 1.51 bits per heavy atom. The molecule has 1 atom stereocenters. The van der Waals surface area contributed by atoms with E-state index in [1.54, 1.807) is 7.11 Å². The third kappa shape index (κ3) is 8.97. The second-order valence-electron chi connectivity index (χ2n) is 8.94. The SMILES string of the molecule is CCCc1cc(Oc2ccc(OC)cc2)ccc1OCCCCc1ccc(C(SC(C)=O)C(C)=O)cc1. The van der Waals surface area contributed by atoms with Gasteiger partial charge in [0, 0.05) is 6.92 Å². The van der Waals surface area contributed by atoms with Crippen molar-refractivity contribution in [2.24, 2.45) is 0 Å². The molecule has 196 valence electrons. The van der Waals surface area contributed by atoms with Gasteiger partial charge in [-0.3, -0.25) is 9.59 Å². The van der Waals surface area contributed by atoms with Crippen molar-refractivity contribution in [1.82, 2.24) is 0 Å². The first kappa shape index (κ1) is 28.3. The summed E-state index contributed by atoms with van der Waals surface area (Å²) in [6, 6.07) is 21.6. The minimum atomic E-state index is -0.426. The molecule has 1 unspecified atom stereocenters. The minimum Gasteiger partial charge on any atom is -0.497 e. The van der Waals surface area contributed by atoms with Crippen LogP contribution in [0.15, 0.2) is 66.7 Å². The topological polar surface area (TPSA) is 61.8 Å². The predicted octanol–water partition coefficient (Wildman–Crippen LogP) is 7.75. The summed E-state index contributed by atoms with van der Waals surface area (Å²) < 4.78 is 17.4. The lowest BCUT2D eigenvalue weighted by atomic mass is 10.0. The van der Waals surface area contributed by atoms with E-state index in [1.165, 1.54) is 19.4 Å². The monoisotopic (exact) mass is 520 g/mol. The number of aryl methyl sites for hydroxylation is 2. The number of thioether (sulfide) groups is 1. The van der Waals surface area contributed by atoms with E-state index >= 15 is 0 Å². The summed E-state index contributed by atoms with van der Waals surface area (Å²) in [4.78, 5) is 23.4. The van der Waals surface area contributed by atoms with E-state index in [1.807, 2.05) is 60.7 Å². The van der Waals surface area contributed by atoms with Gasteiger partial charge in [0.15, 0.2) is 5.12 Å². The Bertz CT molecular complexity index is 1160. The highest BCUT2D eigenvalue weighted by atomic mass is 32.2. The van der Waals surface area contributed by atoms with Crippen LogP contribution in [0.3, 0.4) is 0 Å². The lowest BCUT2D eigenvalue weighted by molar-refractivity contribution is -0.117. The number of rotatable bonds is 14. The normalized spacial score (nSPS) is 11.6. The third-order valence-corrected chi connectivity index (χ3v) is 7.07. The first-order valence-corrected chi connectivity index (χ1v) is 13.6. The second-order valence-corrected chi connectivity index (χ2v) is 10.2. The molecule has 6 heteroatoms. The van der Waals surface area contributed by atoms with Crippen molar-refractivity contribution in [2.45, 2.75) is 58.1 Å². The molecule has 0 fully saturated rings. The lowest BCUT2D eigenvalue weighted by Crippen LogP contribution is -2.07. The molecule has 0 spiro atoms. The zero-order valence-electron chi connectivity index (χ0n) is 22.1. The van der Waals surface area contributed by atoms with Gasteiger partial charge in [-0.05, 0) is 91.8 Å². The van der Waals surface area contributed by atoms with Gasteiger partial charge in [-0.2, -0.15) is 0 Å². The summed E-state index contributed by atoms with van der Waals surface area (Å²) in [6.07, 6.45) is 4.82. The molecule has 0 saturated heterocycles. The lowest BCUT2D eigenvalue weighted by Gasteiger charge is -2.14. The zero-order valence-corrected chi connectivity index (χ0v) is 22.9. The molecule has 3 rings (SSSR count). The van der Waals surface area contributed by atoms with Crippen molar-refractivity contribution in [3.8, 4) is 23.0 Å². The molecular formula is C31H36O5S. The third-order valence-electron chi connectivity index (χ3n) is 5.90. The summed E-state index contributed by atoms with van der Waals surface area (Å²) in [7, 11) is 1.65. The summed E-state index contributed by atoms with van der Waals surface area (Å²) in [5.41, 5.74) is 3.24. The van der Waals surface area contributed by atoms with Gasteiger partial charge in [-0.15, -0.1) is 0 Å². The summed E-state index contributed by atoms with van der Waals surface area (Å²) >= 11 is 1.08. The van der Waals surface area contributed by atoms with Crippen molar-refractivity contribution in [3.63, 3.8) is 0 Å². The molecule has 0 aromatic heterocycles. The quantitative estimate of drug-likeness (QED) is 0.203. The molecule has 3 aromatic carbocycles. The van der Waals surface area contributed by atoms with Crippen LogP contribution in [0.25, 0.3) is 0 Å². The fourth-order valence-corrected chi connectivity index (χ4v) is 4.82. The maximum Gasteiger partial charge on any atom is 0.186 e. The van der Waals surface area contributed by atoms with E-state index in [-0.39, 0.29) is 10.9 Å². The number of carbonyl (C=O) groups excluding carboxylic acids is 2. The molecule has 3 aromatic rings. The number of unbranched alkanes of at least 4 members (excludes halogenated alkanes) is 1. The molecule has 0 saturated carbocycles. The van der Waals surface area contributed by atoms with Crippen LogP contribution in [-0.2, 0) is 22.4 Å². The molecule has 37 heavy (non-hydrogen) atoms. The molecule has 0 aliphatic carbocycles. The fraction of sp³-hybridized carbons (Fsp3) is 0.355. The first-order valence-electron chi connectivity index (χ1n) is 12.7. The molecule has 0 amide bonds. The van der Waals surface area contributed by atoms with Crippen LogP contribution >= 0.6 is 11.8 Å². The molecule has 0 N–H and O–H groups in total. The largest absolute Gasteiger partial charge is 0.497 e. The van der Waals surface area contributed by atoms with Crippen LogP contribution in [0.2, 0.25) is 0 Å². The highest BCUT2D eigenvalue weighted by molar-refractivity contribution is 8.14. The maximum absolute atomic E-state index is 11.9. The van der Waals surface area contributed by atoms with E-state index in [2.05, 4.69) is 13.0 Å². The highest BCUT2D eigenvalue weighted by Crippen LogP contribution is 2.31. The van der Waals surface area contributed by atoms with Crippen molar-refractivity contribution >= 4 is 22.7 Å². The van der Waals surface area contributed by atoms with Gasteiger partial charge in [0.05, 0.1) is 19.0 Å². The summed E-state index contributed by atoms with van der Waals surface area (Å²) in [5, 5.41) is -0.476. The van der Waals surface area contributed by atoms with Crippen LogP contribution in [0.1, 0.15) is 62.0 Å². The molecule has 0 heterocycles. The van der Waals surface area contributed by atoms with Crippen molar-refractivity contribution < 1.29 is 23.8 Å². The van der Waals surface area contributed by atoms with Crippen LogP contribution < -0.4 is 14.2 Å². The van der Waals surface area contributed by atoms with Crippen LogP contribution in [0.4, 0.5) is 0 Å². The van der Waals surface area contributed by atoms with Crippen LogP contribution in [0.5, 0.6) is 23.0 Å². The molecule has 0 bridgehead atoms. The Hall–Kier alpha value is -3.25. The number of methoxy groups -OCH3 is 1. The molecule has 0 aliphatic rings. The van der Waals surface area contributed by atoms with E-state index in [0.717, 1.165) is 78.0 Å². The smallest absolute Gasteiger partial charge is 0.186 e. The number of benzene rings is 3. The number of hydrogen-bond acceptors (Lipinski definition) is 6. The number of Topliss-reactive ketones (excluding diaryl/α,β-unsaturated/α-hetero) is 1. The standard InChI is InChI=1S/C31H36O5S/c1-5-8-26-21-29(36-28-16-14-27(34-4)15-17-28)18-19-30(26)35-20-7-6-9-24-10-12-25(13-11-24)31(22(2)32)37-23(3)33/h10-19,21,31H,5-9,20H2,1-4H3. The Morgan fingerprint density at radius 1 is 0.838 bits per heavy atom. The molecule has 0 radical (unpaired) electrons. The van der Waals surface area contributed by atoms with Gasteiger partial charge in [0.25, 0.3) is 0 Å². The van der Waals surface area contributed by atoms with Gasteiger partial charge in [-0.25, -0.2) is 0 Å². The number of ether oxygens (including phenoxy) is 3. The van der Waals surface area contributed by atoms with Gasteiger partial charge < -0.3 is 14.2 Å². The van der Waals surface area contributed by atoms with E-state index in [4.69, 9.17) is 14.2 Å². The average Bonchev–Trinajstić information content (AvgIpc) is 2.89. The zero-order chi connectivity index (χ0) is 26.6. The Kier molecular flexibility index (Phi) is 11.1. The average molecular weight is 521 g/mol. The van der Waals surface area contributed by atoms with Gasteiger partial charge in [0.2, 0.25) is 0 Å². The van der Waals surface area contributed by atoms with E-state index in [9.17, 15) is 9.59 Å². The highest BCUT2D eigenvalue weighted by Gasteiger charge is 2.19. The summed E-state index contributed by atoms with van der Waals surface area (Å²) in [5.74, 6) is 3.25. The molecular weight excluding hydrogens is 484 g/mol. The Morgan fingerprint density at radius 3 is 2.14 bits per heavy atom. The summed E-state index contributed by atoms with van der Waals surface area (Å²) in [6.45, 7) is 5.83. The van der Waals surface area contributed by atoms with Gasteiger partial charge >= 0.3 is 0 Å². The Balaban J connectivity index is 1.49. The number of ketones is 1. The van der Waals surface area contributed by atoms with Gasteiger partial charge in [-0.1, -0.05) is 49.4 Å². The fourth-order valence-electron chi connectivity index (χ4n) is 4.03. The van der Waals surface area contributed by atoms with E-state index < -0.39 is 5.25 Å². The van der Waals surface area contributed by atoms with Gasteiger partial charge in [0.1, 0.15) is 28.8 Å². The van der Waals surface area contributed by atoms with Crippen molar-refractivity contribution in [3.05, 3.63) is 83.4 Å². The van der Waals surface area contributed by atoms with Crippen molar-refractivity contribution in [1.29, 1.82) is 0 Å². The first-order chi connectivity index (χ1) is 17.9.